The summed E-state index contributed by atoms with van der Waals surface area (Å²) in [6, 6.07) is 27.5. The van der Waals surface area contributed by atoms with Crippen molar-refractivity contribution in [3.63, 3.8) is 0 Å². The third-order valence-corrected chi connectivity index (χ3v) is 5.44. The van der Waals surface area contributed by atoms with Crippen LogP contribution in [-0.2, 0) is 0 Å². The second-order valence-electron chi connectivity index (χ2n) is 8.03. The SMILES string of the molecule is Cc1ccc(/C=C/c2cc(-c3ccc(O)cc3/C=C/c3ccc(C)cc3)ccc2O)cc1. The minimum atomic E-state index is 0.218. The van der Waals surface area contributed by atoms with Gasteiger partial charge in [0.05, 0.1) is 0 Å². The predicted molar refractivity (Wildman–Crippen MR) is 135 cm³/mol. The van der Waals surface area contributed by atoms with Gasteiger partial charge >= 0.3 is 0 Å². The van der Waals surface area contributed by atoms with E-state index >= 15 is 0 Å². The lowest BCUT2D eigenvalue weighted by Gasteiger charge is -2.10. The lowest BCUT2D eigenvalue weighted by atomic mass is 9.96. The first-order chi connectivity index (χ1) is 15.5. The summed E-state index contributed by atoms with van der Waals surface area (Å²) < 4.78 is 0. The molecule has 0 saturated carbocycles. The van der Waals surface area contributed by atoms with Gasteiger partial charge in [0.15, 0.2) is 0 Å². The van der Waals surface area contributed by atoms with Gasteiger partial charge in [-0.05, 0) is 65.9 Å². The Balaban J connectivity index is 1.68. The summed E-state index contributed by atoms with van der Waals surface area (Å²) in [5.74, 6) is 0.447. The van der Waals surface area contributed by atoms with Gasteiger partial charge in [-0.15, -0.1) is 0 Å². The van der Waals surface area contributed by atoms with Crippen molar-refractivity contribution in [1.29, 1.82) is 0 Å². The molecule has 4 aromatic carbocycles. The zero-order valence-corrected chi connectivity index (χ0v) is 18.3. The van der Waals surface area contributed by atoms with E-state index in [0.717, 1.165) is 33.4 Å². The highest BCUT2D eigenvalue weighted by atomic mass is 16.3. The van der Waals surface area contributed by atoms with E-state index in [9.17, 15) is 10.2 Å². The number of aromatic hydroxyl groups is 2. The van der Waals surface area contributed by atoms with Crippen LogP contribution in [0.1, 0.15) is 33.4 Å². The molecule has 0 spiro atoms. The highest BCUT2D eigenvalue weighted by Crippen LogP contribution is 2.32. The largest absolute Gasteiger partial charge is 0.508 e. The lowest BCUT2D eigenvalue weighted by Crippen LogP contribution is -1.86. The summed E-state index contributed by atoms with van der Waals surface area (Å²) in [4.78, 5) is 0. The zero-order chi connectivity index (χ0) is 22.5. The van der Waals surface area contributed by atoms with Crippen LogP contribution in [0.15, 0.2) is 84.9 Å². The lowest BCUT2D eigenvalue weighted by molar-refractivity contribution is 0.473. The molecule has 2 heteroatoms. The molecule has 158 valence electrons. The molecule has 0 radical (unpaired) electrons. The van der Waals surface area contributed by atoms with E-state index in [4.69, 9.17) is 0 Å². The van der Waals surface area contributed by atoms with E-state index in [2.05, 4.69) is 62.4 Å². The Bertz CT molecular complexity index is 1280. The van der Waals surface area contributed by atoms with Crippen molar-refractivity contribution in [3.8, 4) is 22.6 Å². The van der Waals surface area contributed by atoms with E-state index in [-0.39, 0.29) is 11.5 Å². The normalized spacial score (nSPS) is 11.4. The first kappa shape index (κ1) is 21.2. The average molecular weight is 419 g/mol. The van der Waals surface area contributed by atoms with Crippen LogP contribution in [-0.4, -0.2) is 10.2 Å². The average Bonchev–Trinajstić information content (AvgIpc) is 2.79. The van der Waals surface area contributed by atoms with Crippen molar-refractivity contribution in [1.82, 2.24) is 0 Å². The number of rotatable bonds is 5. The molecule has 0 heterocycles. The molecule has 0 aliphatic rings. The van der Waals surface area contributed by atoms with Crippen LogP contribution in [0, 0.1) is 13.8 Å². The third kappa shape index (κ3) is 5.16. The van der Waals surface area contributed by atoms with Gasteiger partial charge in [0.2, 0.25) is 0 Å². The third-order valence-electron chi connectivity index (χ3n) is 5.44. The number of hydrogen-bond acceptors (Lipinski definition) is 2. The number of hydrogen-bond donors (Lipinski definition) is 2. The van der Waals surface area contributed by atoms with E-state index in [1.54, 1.807) is 18.2 Å². The number of phenols is 2. The Morgan fingerprint density at radius 1 is 0.531 bits per heavy atom. The van der Waals surface area contributed by atoms with Crippen molar-refractivity contribution in [2.24, 2.45) is 0 Å². The summed E-state index contributed by atoms with van der Waals surface area (Å²) in [5.41, 5.74) is 8.20. The maximum absolute atomic E-state index is 10.4. The first-order valence-electron chi connectivity index (χ1n) is 10.6. The molecule has 0 aliphatic heterocycles. The van der Waals surface area contributed by atoms with Crippen molar-refractivity contribution in [2.75, 3.05) is 0 Å². The van der Waals surface area contributed by atoms with Gasteiger partial charge in [-0.2, -0.15) is 0 Å². The zero-order valence-electron chi connectivity index (χ0n) is 18.3. The Morgan fingerprint density at radius 2 is 1.09 bits per heavy atom. The summed E-state index contributed by atoms with van der Waals surface area (Å²) in [5, 5.41) is 20.4. The standard InChI is InChI=1S/C30H26O2/c1-21-3-7-23(8-4-21)11-13-26-20-28(31)16-17-29(26)25-15-18-30(32)27(19-25)14-12-24-9-5-22(2)6-10-24/h3-20,31-32H,1-2H3/b13-11+,14-12+. The molecule has 0 atom stereocenters. The van der Waals surface area contributed by atoms with Crippen molar-refractivity contribution < 1.29 is 10.2 Å². The van der Waals surface area contributed by atoms with Gasteiger partial charge in [0.1, 0.15) is 11.5 Å². The Hall–Kier alpha value is -4.04. The van der Waals surface area contributed by atoms with Crippen LogP contribution in [0.25, 0.3) is 35.4 Å². The van der Waals surface area contributed by atoms with Gasteiger partial charge in [-0.25, -0.2) is 0 Å². The fourth-order valence-corrected chi connectivity index (χ4v) is 3.53. The molecule has 0 saturated heterocycles. The molecular weight excluding hydrogens is 392 g/mol. The van der Waals surface area contributed by atoms with Gasteiger partial charge < -0.3 is 10.2 Å². The molecular formula is C30H26O2. The van der Waals surface area contributed by atoms with E-state index in [1.807, 2.05) is 42.5 Å². The first-order valence-corrected chi connectivity index (χ1v) is 10.6. The van der Waals surface area contributed by atoms with Gasteiger partial charge in [-0.3, -0.25) is 0 Å². The molecule has 32 heavy (non-hydrogen) atoms. The molecule has 4 aromatic rings. The monoisotopic (exact) mass is 418 g/mol. The molecule has 2 N–H and O–H groups in total. The topological polar surface area (TPSA) is 40.5 Å². The van der Waals surface area contributed by atoms with E-state index in [1.165, 1.54) is 11.1 Å². The van der Waals surface area contributed by atoms with Gasteiger partial charge in [0.25, 0.3) is 0 Å². The second-order valence-corrected chi connectivity index (χ2v) is 8.03. The highest BCUT2D eigenvalue weighted by molar-refractivity contribution is 5.84. The van der Waals surface area contributed by atoms with Gasteiger partial charge in [-0.1, -0.05) is 96.1 Å². The van der Waals surface area contributed by atoms with Crippen LogP contribution in [0.4, 0.5) is 0 Å². The Morgan fingerprint density at radius 3 is 1.69 bits per heavy atom. The summed E-state index contributed by atoms with van der Waals surface area (Å²) in [7, 11) is 0. The molecule has 0 fully saturated rings. The van der Waals surface area contributed by atoms with Crippen LogP contribution < -0.4 is 0 Å². The summed E-state index contributed by atoms with van der Waals surface area (Å²) in [6.07, 6.45) is 7.96. The molecule has 0 aliphatic carbocycles. The molecule has 0 unspecified atom stereocenters. The Kier molecular flexibility index (Phi) is 6.23. The summed E-state index contributed by atoms with van der Waals surface area (Å²) >= 11 is 0. The molecule has 0 amide bonds. The molecule has 2 nitrogen and oxygen atoms in total. The highest BCUT2D eigenvalue weighted by Gasteiger charge is 2.07. The minimum absolute atomic E-state index is 0.218. The molecule has 0 aromatic heterocycles. The maximum atomic E-state index is 10.4. The fourth-order valence-electron chi connectivity index (χ4n) is 3.53. The fraction of sp³-hybridized carbons (Fsp3) is 0.0667. The van der Waals surface area contributed by atoms with Crippen molar-refractivity contribution in [2.45, 2.75) is 13.8 Å². The number of aryl methyl sites for hydroxylation is 2. The van der Waals surface area contributed by atoms with Crippen LogP contribution in [0.3, 0.4) is 0 Å². The van der Waals surface area contributed by atoms with Crippen LogP contribution in [0.2, 0.25) is 0 Å². The second kappa shape index (κ2) is 9.40. The molecule has 4 rings (SSSR count). The van der Waals surface area contributed by atoms with Gasteiger partial charge in [0, 0.05) is 5.56 Å². The van der Waals surface area contributed by atoms with Crippen molar-refractivity contribution in [3.05, 3.63) is 118 Å². The summed E-state index contributed by atoms with van der Waals surface area (Å²) in [6.45, 7) is 4.13. The van der Waals surface area contributed by atoms with Crippen LogP contribution in [0.5, 0.6) is 11.5 Å². The Labute approximate surface area is 189 Å². The minimum Gasteiger partial charge on any atom is -0.508 e. The van der Waals surface area contributed by atoms with Crippen LogP contribution >= 0.6 is 0 Å². The van der Waals surface area contributed by atoms with E-state index in [0.29, 0.717) is 0 Å². The van der Waals surface area contributed by atoms with Crippen molar-refractivity contribution >= 4 is 24.3 Å². The molecule has 0 bridgehead atoms. The maximum Gasteiger partial charge on any atom is 0.122 e. The quantitative estimate of drug-likeness (QED) is 0.326. The van der Waals surface area contributed by atoms with E-state index < -0.39 is 0 Å². The number of phenolic OH excluding ortho intramolecular Hbond substituents is 2. The predicted octanol–water partition coefficient (Wildman–Crippen LogP) is 7.72. The smallest absolute Gasteiger partial charge is 0.122 e. The number of benzene rings is 4.